The van der Waals surface area contributed by atoms with Gasteiger partial charge in [-0.3, -0.25) is 9.59 Å². The van der Waals surface area contributed by atoms with Crippen molar-refractivity contribution in [3.05, 3.63) is 0 Å². The van der Waals surface area contributed by atoms with Gasteiger partial charge in [-0.15, -0.1) is 0 Å². The molecular formula is C56H106O13. The Balaban J connectivity index is 2.01. The molecule has 6 N–H and O–H groups in total. The van der Waals surface area contributed by atoms with Gasteiger partial charge in [-0.2, -0.15) is 0 Å². The highest BCUT2D eigenvalue weighted by Crippen LogP contribution is 2.30. The Kier molecular flexibility index (Phi) is 37.8. The molecule has 0 saturated carbocycles. The van der Waals surface area contributed by atoms with Crippen LogP contribution in [0, 0.1) is 11.8 Å². The number of aliphatic hydroxyl groups excluding tert-OH is 6. The predicted molar refractivity (Wildman–Crippen MR) is 272 cm³/mol. The Morgan fingerprint density at radius 3 is 0.826 bits per heavy atom. The van der Waals surface area contributed by atoms with Crippen LogP contribution in [0.25, 0.3) is 0 Å². The number of unbranched alkanes of at least 4 members (excludes halogenated alkanes) is 28. The summed E-state index contributed by atoms with van der Waals surface area (Å²) in [7, 11) is 0. The van der Waals surface area contributed by atoms with Crippen molar-refractivity contribution in [3.63, 3.8) is 0 Å². The third-order valence-corrected chi connectivity index (χ3v) is 14.7. The van der Waals surface area contributed by atoms with Crippen LogP contribution in [0.2, 0.25) is 0 Å². The average molecular weight is 987 g/mol. The lowest BCUT2D eigenvalue weighted by Gasteiger charge is -2.44. The van der Waals surface area contributed by atoms with Crippen molar-refractivity contribution >= 4 is 11.9 Å². The first kappa shape index (κ1) is 63.7. The number of carbonyl (C=O) groups is 2. The third-order valence-electron chi connectivity index (χ3n) is 14.7. The summed E-state index contributed by atoms with van der Waals surface area (Å²) >= 11 is 0. The minimum absolute atomic E-state index is 0.316. The molecule has 0 radical (unpaired) electrons. The van der Waals surface area contributed by atoms with Crippen LogP contribution in [0.1, 0.15) is 259 Å². The van der Waals surface area contributed by atoms with Crippen molar-refractivity contribution in [2.24, 2.45) is 11.8 Å². The molecule has 0 amide bonds. The smallest absolute Gasteiger partial charge is 0.309 e. The number of ether oxygens (including phenoxy) is 5. The summed E-state index contributed by atoms with van der Waals surface area (Å²) in [4.78, 5) is 27.2. The van der Waals surface area contributed by atoms with Crippen molar-refractivity contribution in [3.8, 4) is 0 Å². The van der Waals surface area contributed by atoms with E-state index in [2.05, 4.69) is 27.7 Å². The minimum Gasteiger partial charge on any atom is -0.463 e. The van der Waals surface area contributed by atoms with Crippen LogP contribution in [0.3, 0.4) is 0 Å². The highest BCUT2D eigenvalue weighted by molar-refractivity contribution is 5.72. The number of esters is 2. The van der Waals surface area contributed by atoms with Gasteiger partial charge in [-0.1, -0.05) is 233 Å². The van der Waals surface area contributed by atoms with Crippen molar-refractivity contribution in [1.82, 2.24) is 0 Å². The first-order chi connectivity index (χ1) is 33.5. The fourth-order valence-electron chi connectivity index (χ4n) is 9.89. The summed E-state index contributed by atoms with van der Waals surface area (Å²) in [6, 6.07) is 0. The SMILES string of the molecule is CCCCCCCCCCC(CCCCCCCCCC)C(=O)OCC1O[C@H](O[C@H]2OC(COC(=O)C(CCCCCCCCCC)CCCCCCCCCC)[C@@H](O)[C@H](O)C2O)C(O)[C@@H](O)[C@@H]1O. The van der Waals surface area contributed by atoms with Gasteiger partial charge in [-0.05, 0) is 25.7 Å². The first-order valence-corrected chi connectivity index (χ1v) is 28.9. The summed E-state index contributed by atoms with van der Waals surface area (Å²) in [6.45, 7) is 8.02. The molecule has 2 rings (SSSR count). The molecule has 0 aromatic heterocycles. The molecule has 13 nitrogen and oxygen atoms in total. The fourth-order valence-corrected chi connectivity index (χ4v) is 9.89. The number of hydrogen-bond acceptors (Lipinski definition) is 13. The normalized spacial score (nSPS) is 25.2. The molecule has 2 aliphatic rings. The Bertz CT molecular complexity index is 1090. The summed E-state index contributed by atoms with van der Waals surface area (Å²) in [5, 5.41) is 65.5. The van der Waals surface area contributed by atoms with Crippen LogP contribution in [-0.2, 0) is 33.3 Å². The van der Waals surface area contributed by atoms with E-state index in [0.29, 0.717) is 25.7 Å². The van der Waals surface area contributed by atoms with Crippen molar-refractivity contribution in [2.75, 3.05) is 13.2 Å². The van der Waals surface area contributed by atoms with E-state index in [1.54, 1.807) is 0 Å². The maximum atomic E-state index is 13.6. The molecule has 10 atom stereocenters. The topological polar surface area (TPSA) is 202 Å². The largest absolute Gasteiger partial charge is 0.463 e. The van der Waals surface area contributed by atoms with Gasteiger partial charge in [0.2, 0.25) is 0 Å². The molecule has 2 fully saturated rings. The van der Waals surface area contributed by atoms with Gasteiger partial charge in [0, 0.05) is 0 Å². The lowest BCUT2D eigenvalue weighted by Crippen LogP contribution is -2.64. The maximum absolute atomic E-state index is 13.6. The molecule has 4 unspecified atom stereocenters. The summed E-state index contributed by atoms with van der Waals surface area (Å²) in [6.07, 6.45) is 23.4. The number of rotatable bonds is 44. The van der Waals surface area contributed by atoms with E-state index in [1.807, 2.05) is 0 Å². The zero-order chi connectivity index (χ0) is 50.5. The first-order valence-electron chi connectivity index (χ1n) is 28.9. The van der Waals surface area contributed by atoms with Gasteiger partial charge in [0.15, 0.2) is 12.6 Å². The Hall–Kier alpha value is -1.42. The second kappa shape index (κ2) is 41.0. The molecule has 2 heterocycles. The van der Waals surface area contributed by atoms with Crippen LogP contribution < -0.4 is 0 Å². The highest BCUT2D eigenvalue weighted by Gasteiger charge is 2.50. The van der Waals surface area contributed by atoms with Crippen molar-refractivity contribution in [2.45, 2.75) is 320 Å². The minimum atomic E-state index is -1.81. The zero-order valence-corrected chi connectivity index (χ0v) is 44.3. The van der Waals surface area contributed by atoms with Gasteiger partial charge < -0.3 is 54.3 Å². The molecule has 0 aliphatic carbocycles. The van der Waals surface area contributed by atoms with E-state index in [0.717, 1.165) is 77.0 Å². The second-order valence-corrected chi connectivity index (χ2v) is 20.9. The molecular weight excluding hydrogens is 881 g/mol. The quantitative estimate of drug-likeness (QED) is 0.0249. The Morgan fingerprint density at radius 1 is 0.348 bits per heavy atom. The highest BCUT2D eigenvalue weighted by atomic mass is 16.8. The van der Waals surface area contributed by atoms with Gasteiger partial charge in [0.25, 0.3) is 0 Å². The molecule has 0 aromatic rings. The average Bonchev–Trinajstić information content (AvgIpc) is 3.35. The van der Waals surface area contributed by atoms with Crippen LogP contribution in [0.4, 0.5) is 0 Å². The molecule has 2 aliphatic heterocycles. The van der Waals surface area contributed by atoms with Crippen molar-refractivity contribution in [1.29, 1.82) is 0 Å². The van der Waals surface area contributed by atoms with Gasteiger partial charge in [0.1, 0.15) is 62.0 Å². The Labute approximate surface area is 419 Å². The summed E-state index contributed by atoms with van der Waals surface area (Å²) in [5.41, 5.74) is 0. The predicted octanol–water partition coefficient (Wildman–Crippen LogP) is 11.1. The third kappa shape index (κ3) is 27.4. The molecule has 2 saturated heterocycles. The lowest BCUT2D eigenvalue weighted by atomic mass is 9.94. The molecule has 0 spiro atoms. The number of aliphatic hydroxyl groups is 6. The molecule has 408 valence electrons. The van der Waals surface area contributed by atoms with E-state index in [4.69, 9.17) is 23.7 Å². The molecule has 13 heteroatoms. The number of hydrogen-bond donors (Lipinski definition) is 6. The fraction of sp³-hybridized carbons (Fsp3) is 0.964. The van der Waals surface area contributed by atoms with Crippen LogP contribution in [0.5, 0.6) is 0 Å². The van der Waals surface area contributed by atoms with E-state index >= 15 is 0 Å². The lowest BCUT2D eigenvalue weighted by molar-refractivity contribution is -0.376. The zero-order valence-electron chi connectivity index (χ0n) is 44.3. The van der Waals surface area contributed by atoms with E-state index in [9.17, 15) is 40.2 Å². The van der Waals surface area contributed by atoms with E-state index in [1.165, 1.54) is 128 Å². The molecule has 69 heavy (non-hydrogen) atoms. The summed E-state index contributed by atoms with van der Waals surface area (Å²) < 4.78 is 29.1. The number of carbonyl (C=O) groups excluding carboxylic acids is 2. The molecule has 0 bridgehead atoms. The van der Waals surface area contributed by atoms with Gasteiger partial charge in [-0.25, -0.2) is 0 Å². The monoisotopic (exact) mass is 987 g/mol. The Morgan fingerprint density at radius 2 is 0.580 bits per heavy atom. The maximum Gasteiger partial charge on any atom is 0.309 e. The van der Waals surface area contributed by atoms with Gasteiger partial charge >= 0.3 is 11.9 Å². The van der Waals surface area contributed by atoms with E-state index in [-0.39, 0.29) is 11.8 Å². The van der Waals surface area contributed by atoms with Crippen LogP contribution in [-0.4, -0.2) is 117 Å². The van der Waals surface area contributed by atoms with Gasteiger partial charge in [0.05, 0.1) is 11.8 Å². The summed E-state index contributed by atoms with van der Waals surface area (Å²) in [5.74, 6) is -1.42. The second-order valence-electron chi connectivity index (χ2n) is 20.9. The van der Waals surface area contributed by atoms with Crippen LogP contribution >= 0.6 is 0 Å². The van der Waals surface area contributed by atoms with E-state index < -0.39 is 86.6 Å². The molecule has 0 aromatic carbocycles. The van der Waals surface area contributed by atoms with Crippen LogP contribution in [0.15, 0.2) is 0 Å². The van der Waals surface area contributed by atoms with Crippen molar-refractivity contribution < 1.29 is 63.9 Å². The standard InChI is InChI=1S/C56H106O13/c1-5-9-13-17-21-25-29-33-37-43(38-34-30-26-22-18-14-10-6-2)53(63)65-41-45-47(57)49(59)51(61)55(67-45)69-56-52(62)50(60)48(58)46(68-56)42-66-54(64)44(39-35-31-27-23-19-15-11-7-3)40-36-32-28-24-20-16-12-8-4/h43-52,55-62H,5-42H2,1-4H3/t45?,46?,47-,48-,49+,50+,51?,52?,55-,56-/m1/s1.